The second kappa shape index (κ2) is 7.57. The largest absolute Gasteiger partial charge is 0.493 e. The van der Waals surface area contributed by atoms with Gasteiger partial charge in [0, 0.05) is 24.4 Å². The van der Waals surface area contributed by atoms with Gasteiger partial charge in [0.1, 0.15) is 5.82 Å². The van der Waals surface area contributed by atoms with E-state index >= 15 is 0 Å². The summed E-state index contributed by atoms with van der Waals surface area (Å²) in [5, 5.41) is 0.527. The molecular weight excluding hydrogens is 412 g/mol. The first kappa shape index (κ1) is 19.5. The summed E-state index contributed by atoms with van der Waals surface area (Å²) in [4.78, 5) is 28.0. The zero-order valence-electron chi connectivity index (χ0n) is 16.1. The zero-order chi connectivity index (χ0) is 20.7. The van der Waals surface area contributed by atoms with Crippen LogP contribution >= 0.6 is 22.9 Å². The SMILES string of the molecule is COc1ccc(C2CC(=O)N(c3cccc(Cl)c3)c3c2sc(=O)n3C)cc1OC. The molecule has 2 aromatic carbocycles. The molecule has 150 valence electrons. The molecule has 0 N–H and O–H groups in total. The molecule has 0 aliphatic carbocycles. The van der Waals surface area contributed by atoms with E-state index in [9.17, 15) is 9.59 Å². The van der Waals surface area contributed by atoms with Crippen molar-refractivity contribution in [2.75, 3.05) is 19.1 Å². The van der Waals surface area contributed by atoms with E-state index in [1.165, 1.54) is 4.57 Å². The highest BCUT2D eigenvalue weighted by molar-refractivity contribution is 7.10. The van der Waals surface area contributed by atoms with Crippen molar-refractivity contribution < 1.29 is 14.3 Å². The first-order valence-corrected chi connectivity index (χ1v) is 10.1. The van der Waals surface area contributed by atoms with Crippen molar-refractivity contribution in [1.29, 1.82) is 0 Å². The molecule has 1 unspecified atom stereocenters. The Bertz CT molecular complexity index is 1150. The molecule has 3 aromatic rings. The molecular formula is C21H19ClN2O4S. The Balaban J connectivity index is 1.87. The van der Waals surface area contributed by atoms with Crippen LogP contribution in [0.5, 0.6) is 11.5 Å². The van der Waals surface area contributed by atoms with Crippen LogP contribution in [0.15, 0.2) is 47.3 Å². The zero-order valence-corrected chi connectivity index (χ0v) is 17.7. The summed E-state index contributed by atoms with van der Waals surface area (Å²) in [6, 6.07) is 12.7. The third-order valence-electron chi connectivity index (χ3n) is 5.04. The molecule has 4 rings (SSSR count). The van der Waals surface area contributed by atoms with Crippen molar-refractivity contribution >= 4 is 40.4 Å². The molecule has 1 aromatic heterocycles. The van der Waals surface area contributed by atoms with Crippen LogP contribution in [0.3, 0.4) is 0 Å². The minimum atomic E-state index is -0.244. The second-order valence-electron chi connectivity index (χ2n) is 6.69. The molecule has 1 aliphatic heterocycles. The summed E-state index contributed by atoms with van der Waals surface area (Å²) in [6.45, 7) is 0. The number of carbonyl (C=O) groups is 1. The molecule has 1 atom stereocenters. The molecule has 29 heavy (non-hydrogen) atoms. The molecule has 0 spiro atoms. The Kier molecular flexibility index (Phi) is 5.10. The molecule has 0 radical (unpaired) electrons. The maximum absolute atomic E-state index is 13.2. The lowest BCUT2D eigenvalue weighted by Gasteiger charge is -2.32. The molecule has 6 nitrogen and oxygen atoms in total. The van der Waals surface area contributed by atoms with Crippen LogP contribution in [0.1, 0.15) is 22.8 Å². The second-order valence-corrected chi connectivity index (χ2v) is 8.12. The highest BCUT2D eigenvalue weighted by atomic mass is 35.5. The van der Waals surface area contributed by atoms with Gasteiger partial charge in [0.05, 0.1) is 24.8 Å². The highest BCUT2D eigenvalue weighted by Crippen LogP contribution is 2.46. The number of methoxy groups -OCH3 is 2. The van der Waals surface area contributed by atoms with E-state index in [0.29, 0.717) is 28.0 Å². The van der Waals surface area contributed by atoms with E-state index < -0.39 is 0 Å². The maximum atomic E-state index is 13.2. The van der Waals surface area contributed by atoms with Crippen LogP contribution in [0.4, 0.5) is 11.5 Å². The molecule has 1 amide bonds. The summed E-state index contributed by atoms with van der Waals surface area (Å²) in [5.41, 5.74) is 1.53. The Morgan fingerprint density at radius 3 is 2.52 bits per heavy atom. The van der Waals surface area contributed by atoms with Crippen molar-refractivity contribution in [2.24, 2.45) is 7.05 Å². The first-order chi connectivity index (χ1) is 13.9. The van der Waals surface area contributed by atoms with Crippen LogP contribution in [0.25, 0.3) is 0 Å². The standard InChI is InChI=1S/C21H19ClN2O4S/c1-23-20-19(29-21(23)26)15(12-7-8-16(27-2)17(9-12)28-3)11-18(25)24(20)14-6-4-5-13(22)10-14/h4-10,15H,11H2,1-3H3. The molecule has 1 aliphatic rings. The van der Waals surface area contributed by atoms with Gasteiger partial charge in [-0.25, -0.2) is 0 Å². The normalized spacial score (nSPS) is 15.9. The lowest BCUT2D eigenvalue weighted by molar-refractivity contribution is -0.118. The topological polar surface area (TPSA) is 60.8 Å². The van der Waals surface area contributed by atoms with E-state index in [0.717, 1.165) is 21.8 Å². The van der Waals surface area contributed by atoms with Crippen molar-refractivity contribution in [2.45, 2.75) is 12.3 Å². The number of rotatable bonds is 4. The van der Waals surface area contributed by atoms with E-state index in [1.807, 2.05) is 24.3 Å². The molecule has 8 heteroatoms. The van der Waals surface area contributed by atoms with Gasteiger partial charge in [0.25, 0.3) is 0 Å². The number of hydrogen-bond donors (Lipinski definition) is 0. The van der Waals surface area contributed by atoms with Crippen molar-refractivity contribution in [1.82, 2.24) is 4.57 Å². The van der Waals surface area contributed by atoms with Crippen LogP contribution in [-0.2, 0) is 11.8 Å². The summed E-state index contributed by atoms with van der Waals surface area (Å²) in [6.07, 6.45) is 0.231. The van der Waals surface area contributed by atoms with Crippen LogP contribution in [0, 0.1) is 0 Å². The number of hydrogen-bond acceptors (Lipinski definition) is 5. The van der Waals surface area contributed by atoms with Crippen molar-refractivity contribution in [3.05, 3.63) is 67.6 Å². The molecule has 0 fully saturated rings. The van der Waals surface area contributed by atoms with E-state index in [4.69, 9.17) is 21.1 Å². The van der Waals surface area contributed by atoms with Crippen molar-refractivity contribution in [3.8, 4) is 11.5 Å². The minimum absolute atomic E-state index is 0.104. The molecule has 0 saturated carbocycles. The third-order valence-corrected chi connectivity index (χ3v) is 6.41. The Hall–Kier alpha value is -2.77. The van der Waals surface area contributed by atoms with Gasteiger partial charge in [0.2, 0.25) is 5.91 Å². The van der Waals surface area contributed by atoms with Crippen molar-refractivity contribution in [3.63, 3.8) is 0 Å². The monoisotopic (exact) mass is 430 g/mol. The first-order valence-electron chi connectivity index (χ1n) is 8.94. The van der Waals surface area contributed by atoms with Gasteiger partial charge in [-0.2, -0.15) is 0 Å². The van der Waals surface area contributed by atoms with Gasteiger partial charge in [-0.15, -0.1) is 0 Å². The van der Waals surface area contributed by atoms with Gasteiger partial charge in [-0.05, 0) is 35.9 Å². The van der Waals surface area contributed by atoms with Gasteiger partial charge >= 0.3 is 4.87 Å². The number of fused-ring (bicyclic) bond motifs is 1. The highest BCUT2D eigenvalue weighted by Gasteiger charge is 2.37. The van der Waals surface area contributed by atoms with Gasteiger partial charge in [-0.3, -0.25) is 19.1 Å². The Labute approximate surface area is 176 Å². The third kappa shape index (κ3) is 3.30. The predicted molar refractivity (Wildman–Crippen MR) is 114 cm³/mol. The quantitative estimate of drug-likeness (QED) is 0.618. The summed E-state index contributed by atoms with van der Waals surface area (Å²) >= 11 is 7.30. The summed E-state index contributed by atoms with van der Waals surface area (Å²) < 4.78 is 12.3. The summed E-state index contributed by atoms with van der Waals surface area (Å²) in [7, 11) is 4.83. The lowest BCUT2D eigenvalue weighted by atomic mass is 9.90. The van der Waals surface area contributed by atoms with Crippen LogP contribution in [0.2, 0.25) is 5.02 Å². The fourth-order valence-corrected chi connectivity index (χ4v) is 4.92. The number of benzene rings is 2. The fourth-order valence-electron chi connectivity index (χ4n) is 3.64. The van der Waals surface area contributed by atoms with Gasteiger partial charge in [-0.1, -0.05) is 35.1 Å². The average Bonchev–Trinajstić information content (AvgIpc) is 3.01. The number of halogens is 1. The predicted octanol–water partition coefficient (Wildman–Crippen LogP) is 4.32. The number of ether oxygens (including phenoxy) is 2. The number of thiazole rings is 1. The molecule has 0 saturated heterocycles. The van der Waals surface area contributed by atoms with E-state index in [-0.39, 0.29) is 23.1 Å². The van der Waals surface area contributed by atoms with Gasteiger partial charge < -0.3 is 9.47 Å². The number of aromatic nitrogens is 1. The van der Waals surface area contributed by atoms with E-state index in [2.05, 4.69) is 0 Å². The minimum Gasteiger partial charge on any atom is -0.493 e. The number of nitrogens with zero attached hydrogens (tertiary/aromatic N) is 2. The van der Waals surface area contributed by atoms with Gasteiger partial charge in [0.15, 0.2) is 11.5 Å². The van der Waals surface area contributed by atoms with Crippen LogP contribution in [-0.4, -0.2) is 24.7 Å². The average molecular weight is 431 g/mol. The van der Waals surface area contributed by atoms with Crippen LogP contribution < -0.4 is 19.2 Å². The maximum Gasteiger partial charge on any atom is 0.308 e. The number of anilines is 2. The number of amides is 1. The molecule has 2 heterocycles. The van der Waals surface area contributed by atoms with E-state index in [1.54, 1.807) is 44.4 Å². The Morgan fingerprint density at radius 2 is 1.83 bits per heavy atom. The lowest BCUT2D eigenvalue weighted by Crippen LogP contribution is -2.34. The summed E-state index contributed by atoms with van der Waals surface area (Å²) in [5.74, 6) is 1.43. The Morgan fingerprint density at radius 1 is 1.07 bits per heavy atom. The molecule has 0 bridgehead atoms. The smallest absolute Gasteiger partial charge is 0.308 e. The number of carbonyl (C=O) groups excluding carboxylic acids is 1. The fraction of sp³-hybridized carbons (Fsp3) is 0.238.